The van der Waals surface area contributed by atoms with Crippen molar-refractivity contribution in [3.05, 3.63) is 65.5 Å². The molecule has 1 amide bonds. The predicted octanol–water partition coefficient (Wildman–Crippen LogP) is 4.59. The average Bonchev–Trinajstić information content (AvgIpc) is 2.75. The summed E-state index contributed by atoms with van der Waals surface area (Å²) in [6.07, 6.45) is 3.12. The third-order valence-electron chi connectivity index (χ3n) is 5.26. The first-order chi connectivity index (χ1) is 11.8. The van der Waals surface area contributed by atoms with Gasteiger partial charge in [0, 0.05) is 36.0 Å². The van der Waals surface area contributed by atoms with Gasteiger partial charge in [-0.2, -0.15) is 0 Å². The zero-order chi connectivity index (χ0) is 18.2. The lowest BCUT2D eigenvalue weighted by atomic mass is 9.81. The van der Waals surface area contributed by atoms with Crippen LogP contribution >= 0.6 is 0 Å². The van der Waals surface area contributed by atoms with Crippen LogP contribution in [-0.4, -0.2) is 19.0 Å². The van der Waals surface area contributed by atoms with Crippen molar-refractivity contribution in [1.82, 2.24) is 0 Å². The van der Waals surface area contributed by atoms with Crippen molar-refractivity contribution >= 4 is 23.4 Å². The molecule has 0 saturated heterocycles. The maximum absolute atomic E-state index is 12.9. The fourth-order valence-electron chi connectivity index (χ4n) is 3.29. The molecule has 0 fully saturated rings. The molecule has 2 aromatic carbocycles. The molecule has 0 bridgehead atoms. The molecular weight excluding hydrogens is 315 g/mol. The number of fused-ring (bicyclic) bond motifs is 1. The van der Waals surface area contributed by atoms with E-state index < -0.39 is 0 Å². The Kier molecular flexibility index (Phi) is 4.38. The molecule has 4 heteroatoms. The van der Waals surface area contributed by atoms with E-state index in [4.69, 9.17) is 0 Å². The molecule has 1 atom stereocenters. The number of carbonyl (C=O) groups excluding carboxylic acids is 1. The molecule has 0 radical (unpaired) electrons. The summed E-state index contributed by atoms with van der Waals surface area (Å²) in [6.45, 7) is 6.69. The van der Waals surface area contributed by atoms with E-state index in [1.165, 1.54) is 23.8 Å². The SMILES string of the molecule is CC1N(C)c2cc(NC(=O)C=Cc3ccc(F)cc3)ccc2C1(C)C. The largest absolute Gasteiger partial charge is 0.371 e. The normalized spacial score (nSPS) is 18.4. The highest BCUT2D eigenvalue weighted by atomic mass is 19.1. The van der Waals surface area contributed by atoms with Gasteiger partial charge >= 0.3 is 0 Å². The molecule has 3 rings (SSSR count). The number of likely N-dealkylation sites (N-methyl/N-ethyl adjacent to an activating group) is 1. The number of hydrogen-bond acceptors (Lipinski definition) is 2. The zero-order valence-corrected chi connectivity index (χ0v) is 15.0. The van der Waals surface area contributed by atoms with Crippen LogP contribution in [0, 0.1) is 5.82 Å². The topological polar surface area (TPSA) is 32.3 Å². The van der Waals surface area contributed by atoms with E-state index >= 15 is 0 Å². The van der Waals surface area contributed by atoms with Crippen molar-refractivity contribution in [2.45, 2.75) is 32.2 Å². The maximum Gasteiger partial charge on any atom is 0.248 e. The van der Waals surface area contributed by atoms with Crippen molar-refractivity contribution in [2.75, 3.05) is 17.3 Å². The number of rotatable bonds is 3. The molecule has 3 nitrogen and oxygen atoms in total. The molecule has 1 aliphatic heterocycles. The van der Waals surface area contributed by atoms with Crippen molar-refractivity contribution in [1.29, 1.82) is 0 Å². The van der Waals surface area contributed by atoms with Gasteiger partial charge in [0.1, 0.15) is 5.82 Å². The molecule has 0 spiro atoms. The Bertz CT molecular complexity index is 824. The molecule has 1 N–H and O–H groups in total. The minimum Gasteiger partial charge on any atom is -0.371 e. The van der Waals surface area contributed by atoms with Gasteiger partial charge in [-0.3, -0.25) is 4.79 Å². The van der Waals surface area contributed by atoms with Gasteiger partial charge in [-0.05, 0) is 48.4 Å². The van der Waals surface area contributed by atoms with Crippen LogP contribution in [0.5, 0.6) is 0 Å². The quantitative estimate of drug-likeness (QED) is 0.830. The lowest BCUT2D eigenvalue weighted by Gasteiger charge is -2.28. The summed E-state index contributed by atoms with van der Waals surface area (Å²) in [7, 11) is 2.08. The number of benzene rings is 2. The van der Waals surface area contributed by atoms with Crippen molar-refractivity contribution < 1.29 is 9.18 Å². The number of nitrogens with zero attached hydrogens (tertiary/aromatic N) is 1. The van der Waals surface area contributed by atoms with Crippen molar-refractivity contribution in [3.8, 4) is 0 Å². The highest BCUT2D eigenvalue weighted by molar-refractivity contribution is 6.02. The number of carbonyl (C=O) groups is 1. The Hall–Kier alpha value is -2.62. The second-order valence-corrected chi connectivity index (χ2v) is 7.11. The molecule has 130 valence electrons. The third kappa shape index (κ3) is 3.29. The van der Waals surface area contributed by atoms with Crippen LogP contribution in [0.3, 0.4) is 0 Å². The first-order valence-corrected chi connectivity index (χ1v) is 8.41. The van der Waals surface area contributed by atoms with Crippen LogP contribution in [0.25, 0.3) is 6.08 Å². The molecule has 1 unspecified atom stereocenters. The second-order valence-electron chi connectivity index (χ2n) is 7.11. The standard InChI is InChI=1S/C21H23FN2O/c1-14-21(2,3)18-11-10-17(13-19(18)24(14)4)23-20(25)12-7-15-5-8-16(22)9-6-15/h5-14H,1-4H3,(H,23,25). The molecule has 0 aromatic heterocycles. The molecule has 25 heavy (non-hydrogen) atoms. The van der Waals surface area contributed by atoms with Crippen LogP contribution < -0.4 is 10.2 Å². The summed E-state index contributed by atoms with van der Waals surface area (Å²) in [6, 6.07) is 12.5. The average molecular weight is 338 g/mol. The lowest BCUT2D eigenvalue weighted by molar-refractivity contribution is -0.111. The Morgan fingerprint density at radius 1 is 1.20 bits per heavy atom. The number of hydrogen-bond donors (Lipinski definition) is 1. The van der Waals surface area contributed by atoms with E-state index in [1.54, 1.807) is 18.2 Å². The minimum atomic E-state index is -0.291. The van der Waals surface area contributed by atoms with Crippen LogP contribution in [0.15, 0.2) is 48.5 Å². The summed E-state index contributed by atoms with van der Waals surface area (Å²) in [5.41, 5.74) is 4.07. The monoisotopic (exact) mass is 338 g/mol. The Balaban J connectivity index is 1.74. The highest BCUT2D eigenvalue weighted by Gasteiger charge is 2.40. The van der Waals surface area contributed by atoms with Gasteiger partial charge in [0.2, 0.25) is 5.91 Å². The van der Waals surface area contributed by atoms with E-state index in [1.807, 2.05) is 12.1 Å². The summed E-state index contributed by atoms with van der Waals surface area (Å²) >= 11 is 0. The fourth-order valence-corrected chi connectivity index (χ4v) is 3.29. The van der Waals surface area contributed by atoms with Gasteiger partial charge in [0.25, 0.3) is 0 Å². The molecule has 1 aliphatic rings. The number of nitrogens with one attached hydrogen (secondary N) is 1. The fraction of sp³-hybridized carbons (Fsp3) is 0.286. The second kappa shape index (κ2) is 6.36. The van der Waals surface area contributed by atoms with E-state index in [2.05, 4.69) is 44.1 Å². The molecule has 0 aliphatic carbocycles. The molecule has 2 aromatic rings. The van der Waals surface area contributed by atoms with Gasteiger partial charge in [0.05, 0.1) is 0 Å². The first kappa shape index (κ1) is 17.2. The van der Waals surface area contributed by atoms with Crippen LogP contribution in [-0.2, 0) is 10.2 Å². The van der Waals surface area contributed by atoms with Gasteiger partial charge < -0.3 is 10.2 Å². The number of anilines is 2. The van der Waals surface area contributed by atoms with Gasteiger partial charge in [-0.15, -0.1) is 0 Å². The van der Waals surface area contributed by atoms with E-state index in [9.17, 15) is 9.18 Å². The molecule has 0 saturated carbocycles. The van der Waals surface area contributed by atoms with Crippen LogP contribution in [0.4, 0.5) is 15.8 Å². The Morgan fingerprint density at radius 2 is 1.88 bits per heavy atom. The first-order valence-electron chi connectivity index (χ1n) is 8.41. The van der Waals surface area contributed by atoms with Crippen LogP contribution in [0.2, 0.25) is 0 Å². The van der Waals surface area contributed by atoms with Crippen molar-refractivity contribution in [3.63, 3.8) is 0 Å². The summed E-state index contributed by atoms with van der Waals surface area (Å²) in [4.78, 5) is 14.4. The van der Waals surface area contributed by atoms with Crippen molar-refractivity contribution in [2.24, 2.45) is 0 Å². The third-order valence-corrected chi connectivity index (χ3v) is 5.26. The van der Waals surface area contributed by atoms with Gasteiger partial charge in [-0.25, -0.2) is 4.39 Å². The Morgan fingerprint density at radius 3 is 2.56 bits per heavy atom. The number of halogens is 1. The minimum absolute atomic E-state index is 0.0785. The zero-order valence-electron chi connectivity index (χ0n) is 15.0. The van der Waals surface area contributed by atoms with E-state index in [0.717, 1.165) is 16.9 Å². The summed E-state index contributed by atoms with van der Waals surface area (Å²) in [5.74, 6) is -0.502. The predicted molar refractivity (Wildman–Crippen MR) is 101 cm³/mol. The maximum atomic E-state index is 12.9. The summed E-state index contributed by atoms with van der Waals surface area (Å²) in [5, 5.41) is 2.89. The van der Waals surface area contributed by atoms with Gasteiger partial charge in [-0.1, -0.05) is 32.0 Å². The smallest absolute Gasteiger partial charge is 0.248 e. The summed E-state index contributed by atoms with van der Waals surface area (Å²) < 4.78 is 12.9. The van der Waals surface area contributed by atoms with E-state index in [0.29, 0.717) is 6.04 Å². The van der Waals surface area contributed by atoms with E-state index in [-0.39, 0.29) is 17.1 Å². The number of amides is 1. The van der Waals surface area contributed by atoms with Crippen LogP contribution in [0.1, 0.15) is 31.9 Å². The lowest BCUT2D eigenvalue weighted by Crippen LogP contribution is -2.36. The van der Waals surface area contributed by atoms with Gasteiger partial charge in [0.15, 0.2) is 0 Å². The highest BCUT2D eigenvalue weighted by Crippen LogP contribution is 2.45. The Labute approximate surface area is 148 Å². The molecule has 1 heterocycles. The molecular formula is C21H23FN2O.